The molecule has 0 saturated carbocycles. The van der Waals surface area contributed by atoms with Crippen molar-refractivity contribution in [2.24, 2.45) is 0 Å². The molecular formula is C16H17N3O. The van der Waals surface area contributed by atoms with E-state index >= 15 is 0 Å². The predicted octanol–water partition coefficient (Wildman–Crippen LogP) is 2.51. The zero-order valence-electron chi connectivity index (χ0n) is 11.2. The molecule has 0 spiro atoms. The summed E-state index contributed by atoms with van der Waals surface area (Å²) in [6, 6.07) is 15.7. The van der Waals surface area contributed by atoms with Crippen molar-refractivity contribution >= 4 is 0 Å². The van der Waals surface area contributed by atoms with Gasteiger partial charge in [-0.3, -0.25) is 0 Å². The first-order chi connectivity index (χ1) is 9.88. The Morgan fingerprint density at radius 1 is 1.20 bits per heavy atom. The van der Waals surface area contributed by atoms with Crippen molar-refractivity contribution in [2.75, 3.05) is 13.2 Å². The highest BCUT2D eigenvalue weighted by atomic mass is 16.5. The van der Waals surface area contributed by atoms with Crippen LogP contribution in [0.5, 0.6) is 5.88 Å². The van der Waals surface area contributed by atoms with Crippen LogP contribution in [0.4, 0.5) is 0 Å². The van der Waals surface area contributed by atoms with Crippen LogP contribution in [0.2, 0.25) is 0 Å². The summed E-state index contributed by atoms with van der Waals surface area (Å²) in [6.07, 6.45) is 2.48. The Morgan fingerprint density at radius 3 is 2.85 bits per heavy atom. The molecule has 0 aliphatic carbocycles. The highest BCUT2D eigenvalue weighted by Crippen LogP contribution is 2.08. The molecule has 0 aliphatic rings. The van der Waals surface area contributed by atoms with Gasteiger partial charge < -0.3 is 10.1 Å². The molecule has 0 amide bonds. The average molecular weight is 267 g/mol. The number of nitrogens with one attached hydrogen (secondary N) is 1. The molecule has 1 aromatic heterocycles. The summed E-state index contributed by atoms with van der Waals surface area (Å²) in [6.45, 7) is 2.33. The second kappa shape index (κ2) is 7.93. The molecule has 1 N–H and O–H groups in total. The minimum Gasteiger partial charge on any atom is -0.478 e. The van der Waals surface area contributed by atoms with Gasteiger partial charge >= 0.3 is 0 Å². The smallest absolute Gasteiger partial charge is 0.214 e. The van der Waals surface area contributed by atoms with E-state index in [0.29, 0.717) is 18.1 Å². The van der Waals surface area contributed by atoms with Crippen LogP contribution in [0.15, 0.2) is 48.7 Å². The summed E-state index contributed by atoms with van der Waals surface area (Å²) in [5.41, 5.74) is 1.84. The van der Waals surface area contributed by atoms with Crippen molar-refractivity contribution in [3.63, 3.8) is 0 Å². The van der Waals surface area contributed by atoms with Crippen molar-refractivity contribution in [2.45, 2.75) is 13.0 Å². The molecule has 0 fully saturated rings. The number of pyridine rings is 1. The molecular weight excluding hydrogens is 250 g/mol. The maximum absolute atomic E-state index is 8.77. The average Bonchev–Trinajstić information content (AvgIpc) is 2.52. The van der Waals surface area contributed by atoms with Crippen molar-refractivity contribution in [3.8, 4) is 11.9 Å². The topological polar surface area (TPSA) is 57.9 Å². The SMILES string of the molecule is N#Cc1ccnc(OCCCNCc2ccccc2)c1. The van der Waals surface area contributed by atoms with Crippen LogP contribution in [-0.2, 0) is 6.54 Å². The molecule has 1 aromatic carbocycles. The number of ether oxygens (including phenoxy) is 1. The van der Waals surface area contributed by atoms with E-state index in [0.717, 1.165) is 19.5 Å². The van der Waals surface area contributed by atoms with E-state index < -0.39 is 0 Å². The highest BCUT2D eigenvalue weighted by molar-refractivity contribution is 5.31. The summed E-state index contributed by atoms with van der Waals surface area (Å²) in [4.78, 5) is 4.06. The van der Waals surface area contributed by atoms with Gasteiger partial charge in [-0.1, -0.05) is 30.3 Å². The Hall–Kier alpha value is -2.38. The number of rotatable bonds is 7. The molecule has 0 aliphatic heterocycles. The summed E-state index contributed by atoms with van der Waals surface area (Å²) < 4.78 is 5.50. The molecule has 4 heteroatoms. The maximum Gasteiger partial charge on any atom is 0.214 e. The molecule has 0 bridgehead atoms. The molecule has 4 nitrogen and oxygen atoms in total. The van der Waals surface area contributed by atoms with Crippen LogP contribution in [-0.4, -0.2) is 18.1 Å². The first-order valence-corrected chi connectivity index (χ1v) is 6.62. The molecule has 2 aromatic rings. The molecule has 2 rings (SSSR count). The first-order valence-electron chi connectivity index (χ1n) is 6.62. The van der Waals surface area contributed by atoms with E-state index in [1.165, 1.54) is 5.56 Å². The minimum absolute atomic E-state index is 0.507. The lowest BCUT2D eigenvalue weighted by Crippen LogP contribution is -2.17. The summed E-state index contributed by atoms with van der Waals surface area (Å²) in [5, 5.41) is 12.1. The van der Waals surface area contributed by atoms with Crippen LogP contribution in [0.25, 0.3) is 0 Å². The van der Waals surface area contributed by atoms with Gasteiger partial charge in [0, 0.05) is 18.8 Å². The molecule has 102 valence electrons. The van der Waals surface area contributed by atoms with Crippen molar-refractivity contribution in [1.29, 1.82) is 5.26 Å². The normalized spacial score (nSPS) is 9.95. The second-order valence-corrected chi connectivity index (χ2v) is 4.36. The van der Waals surface area contributed by atoms with Crippen LogP contribution in [0, 0.1) is 11.3 Å². The van der Waals surface area contributed by atoms with E-state index in [9.17, 15) is 0 Å². The minimum atomic E-state index is 0.507. The third-order valence-electron chi connectivity index (χ3n) is 2.78. The van der Waals surface area contributed by atoms with Crippen molar-refractivity contribution in [3.05, 3.63) is 59.8 Å². The van der Waals surface area contributed by atoms with E-state index in [1.54, 1.807) is 18.3 Å². The van der Waals surface area contributed by atoms with Crippen LogP contribution in [0.1, 0.15) is 17.5 Å². The van der Waals surface area contributed by atoms with E-state index in [-0.39, 0.29) is 0 Å². The number of aromatic nitrogens is 1. The standard InChI is InChI=1S/C16H17N3O/c17-12-15-7-9-19-16(11-15)20-10-4-8-18-13-14-5-2-1-3-6-14/h1-3,5-7,9,11,18H,4,8,10,13H2. The Bertz CT molecular complexity index is 563. The lowest BCUT2D eigenvalue weighted by Gasteiger charge is -2.06. The van der Waals surface area contributed by atoms with Gasteiger partial charge in [-0.05, 0) is 24.6 Å². The Labute approximate surface area is 119 Å². The van der Waals surface area contributed by atoms with Gasteiger partial charge in [0.1, 0.15) is 0 Å². The molecule has 20 heavy (non-hydrogen) atoms. The second-order valence-electron chi connectivity index (χ2n) is 4.36. The first kappa shape index (κ1) is 14.0. The number of hydrogen-bond acceptors (Lipinski definition) is 4. The quantitative estimate of drug-likeness (QED) is 0.783. The molecule has 0 saturated heterocycles. The number of nitrogens with zero attached hydrogens (tertiary/aromatic N) is 2. The number of nitriles is 1. The van der Waals surface area contributed by atoms with E-state index in [2.05, 4.69) is 28.5 Å². The summed E-state index contributed by atoms with van der Waals surface area (Å²) in [7, 11) is 0. The Kier molecular flexibility index (Phi) is 5.56. The maximum atomic E-state index is 8.77. The largest absolute Gasteiger partial charge is 0.478 e. The molecule has 0 radical (unpaired) electrons. The fourth-order valence-corrected chi connectivity index (χ4v) is 1.76. The van der Waals surface area contributed by atoms with Gasteiger partial charge in [0.25, 0.3) is 0 Å². The monoisotopic (exact) mass is 267 g/mol. The highest BCUT2D eigenvalue weighted by Gasteiger charge is 1.97. The third kappa shape index (κ3) is 4.71. The van der Waals surface area contributed by atoms with Gasteiger partial charge in [-0.15, -0.1) is 0 Å². The van der Waals surface area contributed by atoms with Gasteiger partial charge in [-0.2, -0.15) is 5.26 Å². The van der Waals surface area contributed by atoms with E-state index in [4.69, 9.17) is 10.00 Å². The lowest BCUT2D eigenvalue weighted by molar-refractivity contribution is 0.296. The zero-order chi connectivity index (χ0) is 14.0. The molecule has 0 atom stereocenters. The Balaban J connectivity index is 1.61. The number of hydrogen-bond donors (Lipinski definition) is 1. The van der Waals surface area contributed by atoms with Gasteiger partial charge in [0.05, 0.1) is 18.2 Å². The third-order valence-corrected chi connectivity index (χ3v) is 2.78. The molecule has 0 unspecified atom stereocenters. The predicted molar refractivity (Wildman–Crippen MR) is 77.2 cm³/mol. The number of benzene rings is 1. The fraction of sp³-hybridized carbons (Fsp3) is 0.250. The van der Waals surface area contributed by atoms with Crippen LogP contribution < -0.4 is 10.1 Å². The van der Waals surface area contributed by atoms with Crippen LogP contribution >= 0.6 is 0 Å². The van der Waals surface area contributed by atoms with Crippen LogP contribution in [0.3, 0.4) is 0 Å². The Morgan fingerprint density at radius 2 is 2.05 bits per heavy atom. The fourth-order valence-electron chi connectivity index (χ4n) is 1.76. The van der Waals surface area contributed by atoms with Crippen molar-refractivity contribution < 1.29 is 4.74 Å². The van der Waals surface area contributed by atoms with Gasteiger partial charge in [0.15, 0.2) is 0 Å². The lowest BCUT2D eigenvalue weighted by atomic mass is 10.2. The van der Waals surface area contributed by atoms with Gasteiger partial charge in [0.2, 0.25) is 5.88 Å². The van der Waals surface area contributed by atoms with E-state index in [1.807, 2.05) is 18.2 Å². The van der Waals surface area contributed by atoms with Crippen molar-refractivity contribution in [1.82, 2.24) is 10.3 Å². The summed E-state index contributed by atoms with van der Waals surface area (Å²) in [5.74, 6) is 0.507. The van der Waals surface area contributed by atoms with Gasteiger partial charge in [-0.25, -0.2) is 4.98 Å². The summed E-state index contributed by atoms with van der Waals surface area (Å²) >= 11 is 0. The zero-order valence-corrected chi connectivity index (χ0v) is 11.2. The molecule has 1 heterocycles.